The van der Waals surface area contributed by atoms with Crippen LogP contribution in [-0.4, -0.2) is 49.6 Å². The van der Waals surface area contributed by atoms with E-state index < -0.39 is 36.1 Å². The van der Waals surface area contributed by atoms with Gasteiger partial charge in [0.05, 0.1) is 23.0 Å². The summed E-state index contributed by atoms with van der Waals surface area (Å²) in [5.41, 5.74) is 0.133. The number of nitrogens with one attached hydrogen (secondary N) is 3. The molecule has 0 radical (unpaired) electrons. The molecular formula is C20H24F3N7O2. The SMILES string of the molecule is CNC(=O)[C@H](Cc1cnc[nH]1)NC(=O)Cn1nc(C)c2c(C(F)(F)F)cc(C(C)C)nc21. The fourth-order valence-electron chi connectivity index (χ4n) is 3.38. The Bertz CT molecular complexity index is 1120. The lowest BCUT2D eigenvalue weighted by Gasteiger charge is -2.17. The van der Waals surface area contributed by atoms with E-state index in [1.165, 1.54) is 26.5 Å². The number of halogens is 3. The van der Waals surface area contributed by atoms with E-state index in [-0.39, 0.29) is 34.8 Å². The maximum Gasteiger partial charge on any atom is 0.417 e. The molecule has 0 fully saturated rings. The Morgan fingerprint density at radius 2 is 2.00 bits per heavy atom. The maximum absolute atomic E-state index is 13.7. The number of likely N-dealkylation sites (N-methyl/N-ethyl adjacent to an activating group) is 1. The van der Waals surface area contributed by atoms with Gasteiger partial charge in [-0.2, -0.15) is 18.3 Å². The molecule has 3 heterocycles. The lowest BCUT2D eigenvalue weighted by Crippen LogP contribution is -2.48. The number of carbonyl (C=O) groups is 2. The van der Waals surface area contributed by atoms with E-state index in [0.717, 1.165) is 10.7 Å². The van der Waals surface area contributed by atoms with Crippen LogP contribution < -0.4 is 10.6 Å². The summed E-state index contributed by atoms with van der Waals surface area (Å²) >= 11 is 0. The fraction of sp³-hybridized carbons (Fsp3) is 0.450. The highest BCUT2D eigenvalue weighted by Gasteiger charge is 2.36. The lowest BCUT2D eigenvalue weighted by atomic mass is 10.0. The zero-order valence-corrected chi connectivity index (χ0v) is 18.0. The second kappa shape index (κ2) is 8.97. The molecule has 2 amide bonds. The van der Waals surface area contributed by atoms with Crippen LogP contribution in [0.15, 0.2) is 18.6 Å². The smallest absolute Gasteiger partial charge is 0.357 e. The summed E-state index contributed by atoms with van der Waals surface area (Å²) in [7, 11) is 1.44. The minimum atomic E-state index is -4.60. The standard InChI is InChI=1S/C20H24F3N7O2/c1-10(2)14-6-13(20(21,22)23)17-11(3)29-30(18(17)28-14)8-16(31)27-15(19(32)24-4)5-12-7-25-9-26-12/h6-7,9-10,15H,5,8H2,1-4H3,(H,24,32)(H,25,26)(H,27,31)/t15-/m0/s1. The minimum absolute atomic E-state index is 0.0266. The summed E-state index contributed by atoms with van der Waals surface area (Å²) in [6.45, 7) is 4.51. The average molecular weight is 451 g/mol. The third-order valence-electron chi connectivity index (χ3n) is 4.96. The first-order valence-corrected chi connectivity index (χ1v) is 9.94. The van der Waals surface area contributed by atoms with Gasteiger partial charge in [0.25, 0.3) is 0 Å². The molecule has 0 aromatic carbocycles. The van der Waals surface area contributed by atoms with Crippen molar-refractivity contribution in [3.63, 3.8) is 0 Å². The van der Waals surface area contributed by atoms with Crippen LogP contribution in [0.4, 0.5) is 13.2 Å². The molecule has 172 valence electrons. The van der Waals surface area contributed by atoms with Gasteiger partial charge >= 0.3 is 6.18 Å². The fourth-order valence-corrected chi connectivity index (χ4v) is 3.38. The number of nitrogens with zero attached hydrogens (tertiary/aromatic N) is 4. The van der Waals surface area contributed by atoms with Gasteiger partial charge in [-0.1, -0.05) is 13.8 Å². The Morgan fingerprint density at radius 3 is 2.56 bits per heavy atom. The zero-order valence-electron chi connectivity index (χ0n) is 18.0. The Balaban J connectivity index is 1.93. The first-order chi connectivity index (χ1) is 15.0. The molecule has 0 saturated carbocycles. The van der Waals surface area contributed by atoms with Gasteiger partial charge in [0.15, 0.2) is 5.65 Å². The number of aromatic nitrogens is 5. The van der Waals surface area contributed by atoms with Gasteiger partial charge in [0.2, 0.25) is 11.8 Å². The van der Waals surface area contributed by atoms with Gasteiger partial charge in [0, 0.05) is 31.1 Å². The Morgan fingerprint density at radius 1 is 1.28 bits per heavy atom. The van der Waals surface area contributed by atoms with Crippen molar-refractivity contribution in [3.8, 4) is 0 Å². The summed E-state index contributed by atoms with van der Waals surface area (Å²) < 4.78 is 42.2. The zero-order chi connectivity index (χ0) is 23.6. The normalized spacial score (nSPS) is 12.9. The Labute approximate surface area is 181 Å². The molecule has 0 aliphatic heterocycles. The van der Waals surface area contributed by atoms with Gasteiger partial charge in [0.1, 0.15) is 12.6 Å². The quantitative estimate of drug-likeness (QED) is 0.508. The second-order valence-electron chi connectivity index (χ2n) is 7.70. The van der Waals surface area contributed by atoms with Gasteiger partial charge < -0.3 is 15.6 Å². The van der Waals surface area contributed by atoms with Crippen molar-refractivity contribution in [2.24, 2.45) is 0 Å². The van der Waals surface area contributed by atoms with Gasteiger partial charge in [-0.3, -0.25) is 9.59 Å². The number of pyridine rings is 1. The summed E-state index contributed by atoms with van der Waals surface area (Å²) in [6.07, 6.45) is -1.45. The highest BCUT2D eigenvalue weighted by molar-refractivity contribution is 5.89. The molecule has 3 aromatic rings. The van der Waals surface area contributed by atoms with Crippen molar-refractivity contribution in [1.82, 2.24) is 35.4 Å². The predicted octanol–water partition coefficient (Wildman–Crippen LogP) is 2.08. The Hall–Kier alpha value is -3.44. The van der Waals surface area contributed by atoms with Crippen LogP contribution >= 0.6 is 0 Å². The third-order valence-corrected chi connectivity index (χ3v) is 4.96. The largest absolute Gasteiger partial charge is 0.417 e. The van der Waals surface area contributed by atoms with Crippen molar-refractivity contribution >= 4 is 22.8 Å². The molecule has 3 N–H and O–H groups in total. The maximum atomic E-state index is 13.7. The molecule has 0 bridgehead atoms. The number of aryl methyl sites for hydroxylation is 1. The van der Waals surface area contributed by atoms with E-state index in [4.69, 9.17) is 0 Å². The predicted molar refractivity (Wildman–Crippen MR) is 110 cm³/mol. The van der Waals surface area contributed by atoms with Crippen LogP contribution in [0.1, 0.15) is 42.4 Å². The monoisotopic (exact) mass is 451 g/mol. The van der Waals surface area contributed by atoms with E-state index in [2.05, 4.69) is 30.7 Å². The molecule has 3 aromatic heterocycles. The van der Waals surface area contributed by atoms with E-state index in [1.54, 1.807) is 13.8 Å². The number of amides is 2. The van der Waals surface area contributed by atoms with Crippen molar-refractivity contribution < 1.29 is 22.8 Å². The number of rotatable bonds is 7. The number of H-pyrrole nitrogens is 1. The highest BCUT2D eigenvalue weighted by atomic mass is 19.4. The van der Waals surface area contributed by atoms with Crippen LogP contribution in [0.5, 0.6) is 0 Å². The summed E-state index contributed by atoms with van der Waals surface area (Å²) in [6, 6.07) is 0.124. The van der Waals surface area contributed by atoms with Crippen molar-refractivity contribution in [2.75, 3.05) is 7.05 Å². The first-order valence-electron chi connectivity index (χ1n) is 9.94. The average Bonchev–Trinajstić information content (AvgIpc) is 3.33. The number of hydrogen-bond acceptors (Lipinski definition) is 5. The number of carbonyl (C=O) groups excluding carboxylic acids is 2. The molecule has 0 aliphatic rings. The third kappa shape index (κ3) is 4.89. The Kier molecular flexibility index (Phi) is 6.51. The van der Waals surface area contributed by atoms with E-state index in [9.17, 15) is 22.8 Å². The number of alkyl halides is 3. The van der Waals surface area contributed by atoms with Gasteiger partial charge in [-0.15, -0.1) is 0 Å². The summed E-state index contributed by atoms with van der Waals surface area (Å²) in [4.78, 5) is 36.0. The molecule has 0 saturated heterocycles. The molecule has 9 nitrogen and oxygen atoms in total. The molecule has 0 aliphatic carbocycles. The minimum Gasteiger partial charge on any atom is -0.357 e. The van der Waals surface area contributed by atoms with E-state index in [0.29, 0.717) is 5.69 Å². The van der Waals surface area contributed by atoms with E-state index in [1.807, 2.05) is 0 Å². The van der Waals surface area contributed by atoms with Crippen LogP contribution in [0, 0.1) is 6.92 Å². The van der Waals surface area contributed by atoms with Crippen LogP contribution in [-0.2, 0) is 28.7 Å². The highest BCUT2D eigenvalue weighted by Crippen LogP contribution is 2.37. The van der Waals surface area contributed by atoms with E-state index >= 15 is 0 Å². The molecule has 3 rings (SSSR count). The van der Waals surface area contributed by atoms with Crippen LogP contribution in [0.2, 0.25) is 0 Å². The lowest BCUT2D eigenvalue weighted by molar-refractivity contribution is -0.136. The van der Waals surface area contributed by atoms with Crippen molar-refractivity contribution in [3.05, 3.63) is 41.2 Å². The first kappa shape index (κ1) is 23.2. The summed E-state index contributed by atoms with van der Waals surface area (Å²) in [5.74, 6) is -1.27. The van der Waals surface area contributed by atoms with Gasteiger partial charge in [-0.25, -0.2) is 14.6 Å². The number of imidazole rings is 1. The van der Waals surface area contributed by atoms with Crippen molar-refractivity contribution in [1.29, 1.82) is 0 Å². The number of fused-ring (bicyclic) bond motifs is 1. The topological polar surface area (TPSA) is 118 Å². The molecule has 1 atom stereocenters. The van der Waals surface area contributed by atoms with Crippen LogP contribution in [0.25, 0.3) is 11.0 Å². The molecule has 0 unspecified atom stereocenters. The molecular weight excluding hydrogens is 427 g/mol. The van der Waals surface area contributed by atoms with Crippen LogP contribution in [0.3, 0.4) is 0 Å². The number of hydrogen-bond donors (Lipinski definition) is 3. The second-order valence-corrected chi connectivity index (χ2v) is 7.70. The molecule has 0 spiro atoms. The molecule has 32 heavy (non-hydrogen) atoms. The molecule has 12 heteroatoms. The van der Waals surface area contributed by atoms with Gasteiger partial charge in [-0.05, 0) is 18.9 Å². The number of aromatic amines is 1. The summed E-state index contributed by atoms with van der Waals surface area (Å²) in [5, 5.41) is 9.06. The van der Waals surface area contributed by atoms with Crippen molar-refractivity contribution in [2.45, 2.75) is 51.9 Å².